The molecule has 0 spiro atoms. The van der Waals surface area contributed by atoms with Gasteiger partial charge in [-0.05, 0) is 31.9 Å². The highest BCUT2D eigenvalue weighted by molar-refractivity contribution is 5.81. The third kappa shape index (κ3) is 2.63. The van der Waals surface area contributed by atoms with Crippen LogP contribution in [-0.4, -0.2) is 43.6 Å². The molecule has 0 N–H and O–H groups in total. The first-order valence-electron chi connectivity index (χ1n) is 9.30. The number of hydrogen-bond donors (Lipinski definition) is 0. The molecule has 1 aliphatic heterocycles. The van der Waals surface area contributed by atoms with E-state index >= 15 is 0 Å². The van der Waals surface area contributed by atoms with Crippen LogP contribution in [0.2, 0.25) is 0 Å². The summed E-state index contributed by atoms with van der Waals surface area (Å²) in [4.78, 5) is 16.5. The highest BCUT2D eigenvalue weighted by Gasteiger charge is 2.27. The van der Waals surface area contributed by atoms with E-state index < -0.39 is 0 Å². The maximum absolute atomic E-state index is 4.95. The average molecular weight is 333 g/mol. The topological polar surface area (TPSA) is 46.8 Å². The number of benzene rings is 1. The molecule has 0 radical (unpaired) electrons. The summed E-state index contributed by atoms with van der Waals surface area (Å²) in [6.45, 7) is 5.31. The summed E-state index contributed by atoms with van der Waals surface area (Å²) < 4.78 is 2.42. The van der Waals surface area contributed by atoms with Crippen LogP contribution in [0.5, 0.6) is 0 Å². The average Bonchev–Trinajstić information content (AvgIpc) is 2.80. The summed E-state index contributed by atoms with van der Waals surface area (Å²) in [5, 5.41) is 0. The van der Waals surface area contributed by atoms with Gasteiger partial charge in [0.1, 0.15) is 5.82 Å². The number of rotatable bonds is 2. The lowest BCUT2D eigenvalue weighted by Crippen LogP contribution is -2.41. The predicted octanol–water partition coefficient (Wildman–Crippen LogP) is 3.21. The zero-order valence-electron chi connectivity index (χ0n) is 14.6. The van der Waals surface area contributed by atoms with E-state index in [1.54, 1.807) is 6.20 Å². The van der Waals surface area contributed by atoms with Gasteiger partial charge in [0.15, 0.2) is 0 Å². The first kappa shape index (κ1) is 15.0. The van der Waals surface area contributed by atoms with Gasteiger partial charge in [-0.25, -0.2) is 9.97 Å². The van der Waals surface area contributed by atoms with Crippen LogP contribution < -0.4 is 0 Å². The summed E-state index contributed by atoms with van der Waals surface area (Å²) in [5.41, 5.74) is 5.27. The Morgan fingerprint density at radius 1 is 1.04 bits per heavy atom. The second-order valence-electron chi connectivity index (χ2n) is 7.30. The lowest BCUT2D eigenvalue weighted by molar-refractivity contribution is 0.130. The van der Waals surface area contributed by atoms with Crippen molar-refractivity contribution in [1.29, 1.82) is 0 Å². The van der Waals surface area contributed by atoms with Crippen LogP contribution in [0.15, 0.2) is 30.6 Å². The van der Waals surface area contributed by atoms with Gasteiger partial charge < -0.3 is 4.57 Å². The summed E-state index contributed by atoms with van der Waals surface area (Å²) >= 11 is 0. The minimum atomic E-state index is 0.822. The predicted molar refractivity (Wildman–Crippen MR) is 98.4 cm³/mol. The lowest BCUT2D eigenvalue weighted by Gasteiger charge is -2.36. The van der Waals surface area contributed by atoms with E-state index in [-0.39, 0.29) is 0 Å². The molecular formula is C20H23N5. The monoisotopic (exact) mass is 333 g/mol. The number of nitrogens with zero attached hydrogens (tertiary/aromatic N) is 5. The Morgan fingerprint density at radius 3 is 2.76 bits per heavy atom. The number of fused-ring (bicyclic) bond motifs is 3. The maximum atomic E-state index is 4.95. The van der Waals surface area contributed by atoms with Crippen molar-refractivity contribution in [3.8, 4) is 11.3 Å². The quantitative estimate of drug-likeness (QED) is 0.722. The summed E-state index contributed by atoms with van der Waals surface area (Å²) in [5.74, 6) is 1.23. The van der Waals surface area contributed by atoms with Gasteiger partial charge in [0.25, 0.3) is 0 Å². The molecule has 5 rings (SSSR count). The van der Waals surface area contributed by atoms with Crippen molar-refractivity contribution in [3.63, 3.8) is 0 Å². The normalized spacial score (nSPS) is 18.8. The molecule has 0 saturated heterocycles. The molecule has 2 aromatic heterocycles. The Kier molecular flexibility index (Phi) is 3.55. The minimum absolute atomic E-state index is 0.822. The molecule has 3 heterocycles. The zero-order valence-corrected chi connectivity index (χ0v) is 14.6. The van der Waals surface area contributed by atoms with Crippen LogP contribution in [0.4, 0.5) is 0 Å². The van der Waals surface area contributed by atoms with Gasteiger partial charge >= 0.3 is 0 Å². The van der Waals surface area contributed by atoms with E-state index in [0.29, 0.717) is 0 Å². The van der Waals surface area contributed by atoms with Gasteiger partial charge in [-0.1, -0.05) is 12.5 Å². The van der Waals surface area contributed by atoms with E-state index in [2.05, 4.69) is 37.6 Å². The molecule has 1 fully saturated rings. The number of aromatic nitrogens is 4. The Morgan fingerprint density at radius 2 is 1.96 bits per heavy atom. The van der Waals surface area contributed by atoms with Crippen molar-refractivity contribution in [2.24, 2.45) is 0 Å². The van der Waals surface area contributed by atoms with Crippen molar-refractivity contribution in [3.05, 3.63) is 42.1 Å². The number of imidazole rings is 1. The summed E-state index contributed by atoms with van der Waals surface area (Å²) in [6, 6.07) is 7.33. The standard InChI is InChI=1S/C20H23N5/c1-14-12-21-13-18(22-14)15-5-6-19-17(11-15)23-20-7-8-24(9-10-25(19)20)16-3-2-4-16/h5-6,11-13,16H,2-4,7-10H2,1H3. The van der Waals surface area contributed by atoms with E-state index in [0.717, 1.165) is 54.6 Å². The van der Waals surface area contributed by atoms with Crippen LogP contribution in [0.1, 0.15) is 30.8 Å². The van der Waals surface area contributed by atoms with Crippen molar-refractivity contribution >= 4 is 11.0 Å². The van der Waals surface area contributed by atoms with Gasteiger partial charge in [-0.2, -0.15) is 0 Å². The van der Waals surface area contributed by atoms with E-state index in [4.69, 9.17) is 4.98 Å². The van der Waals surface area contributed by atoms with Crippen LogP contribution in [-0.2, 0) is 13.0 Å². The maximum Gasteiger partial charge on any atom is 0.111 e. The van der Waals surface area contributed by atoms with Crippen molar-refractivity contribution in [2.75, 3.05) is 13.1 Å². The van der Waals surface area contributed by atoms with Crippen LogP contribution >= 0.6 is 0 Å². The van der Waals surface area contributed by atoms with Gasteiger partial charge in [0, 0.05) is 43.9 Å². The Labute approximate surface area is 147 Å². The smallest absolute Gasteiger partial charge is 0.111 e. The van der Waals surface area contributed by atoms with Crippen LogP contribution in [0, 0.1) is 6.92 Å². The molecule has 5 nitrogen and oxygen atoms in total. The fourth-order valence-electron chi connectivity index (χ4n) is 4.08. The number of hydrogen-bond acceptors (Lipinski definition) is 4. The molecular weight excluding hydrogens is 310 g/mol. The van der Waals surface area contributed by atoms with Gasteiger partial charge in [0.2, 0.25) is 0 Å². The molecule has 1 saturated carbocycles. The van der Waals surface area contributed by atoms with Gasteiger partial charge in [-0.15, -0.1) is 0 Å². The van der Waals surface area contributed by atoms with E-state index in [1.807, 2.05) is 13.1 Å². The fourth-order valence-corrected chi connectivity index (χ4v) is 4.08. The first-order valence-corrected chi connectivity index (χ1v) is 9.30. The summed E-state index contributed by atoms with van der Waals surface area (Å²) in [7, 11) is 0. The van der Waals surface area contributed by atoms with E-state index in [9.17, 15) is 0 Å². The highest BCUT2D eigenvalue weighted by Crippen LogP contribution is 2.28. The molecule has 128 valence electrons. The SMILES string of the molecule is Cc1cncc(-c2ccc3c(c2)nc2n3CCN(C3CCC3)CC2)n1. The summed E-state index contributed by atoms with van der Waals surface area (Å²) in [6.07, 6.45) is 8.82. The Hall–Kier alpha value is -2.27. The second-order valence-corrected chi connectivity index (χ2v) is 7.30. The van der Waals surface area contributed by atoms with Crippen molar-refractivity contribution in [2.45, 2.75) is 45.2 Å². The third-order valence-electron chi connectivity index (χ3n) is 5.70. The van der Waals surface area contributed by atoms with E-state index in [1.165, 1.54) is 30.6 Å². The fraction of sp³-hybridized carbons (Fsp3) is 0.450. The molecule has 5 heteroatoms. The molecule has 2 aliphatic rings. The first-order chi connectivity index (χ1) is 12.3. The highest BCUT2D eigenvalue weighted by atomic mass is 15.2. The molecule has 0 unspecified atom stereocenters. The van der Waals surface area contributed by atoms with Crippen LogP contribution in [0.25, 0.3) is 22.3 Å². The molecule has 0 amide bonds. The van der Waals surface area contributed by atoms with Gasteiger partial charge in [0.05, 0.1) is 28.6 Å². The molecule has 1 aromatic carbocycles. The molecule has 1 aliphatic carbocycles. The number of aryl methyl sites for hydroxylation is 1. The Balaban J connectivity index is 1.48. The molecule has 25 heavy (non-hydrogen) atoms. The minimum Gasteiger partial charge on any atom is -0.327 e. The van der Waals surface area contributed by atoms with Crippen molar-refractivity contribution < 1.29 is 0 Å². The largest absolute Gasteiger partial charge is 0.327 e. The van der Waals surface area contributed by atoms with Crippen LogP contribution in [0.3, 0.4) is 0 Å². The molecule has 0 atom stereocenters. The third-order valence-corrected chi connectivity index (χ3v) is 5.70. The molecule has 0 bridgehead atoms. The molecule has 3 aromatic rings. The Bertz CT molecular complexity index is 925. The zero-order chi connectivity index (χ0) is 16.8. The lowest BCUT2D eigenvalue weighted by atomic mass is 9.91. The van der Waals surface area contributed by atoms with Gasteiger partial charge in [-0.3, -0.25) is 9.88 Å². The second kappa shape index (κ2) is 5.92. The van der Waals surface area contributed by atoms with Crippen molar-refractivity contribution in [1.82, 2.24) is 24.4 Å².